The maximum atomic E-state index is 12.2. The van der Waals surface area contributed by atoms with Crippen LogP contribution in [0.25, 0.3) is 11.3 Å². The summed E-state index contributed by atoms with van der Waals surface area (Å²) in [4.78, 5) is 14.6. The average molecular weight is 349 g/mol. The minimum atomic E-state index is -0.208. The molecule has 0 radical (unpaired) electrons. The van der Waals surface area contributed by atoms with Gasteiger partial charge in [-0.25, -0.2) is 0 Å². The number of benzene rings is 1. The Kier molecular flexibility index (Phi) is 6.46. The average Bonchev–Trinajstić information content (AvgIpc) is 3.00. The second-order valence-electron chi connectivity index (χ2n) is 6.32. The molecule has 1 N–H and O–H groups in total. The normalized spacial score (nSPS) is 11.5. The van der Waals surface area contributed by atoms with E-state index in [1.165, 1.54) is 0 Å². The number of halogens is 1. The van der Waals surface area contributed by atoms with Crippen LogP contribution in [-0.4, -0.2) is 36.0 Å². The molecular formula is C19H25ClN2O2. The highest BCUT2D eigenvalue weighted by Crippen LogP contribution is 2.28. The molecule has 0 saturated carbocycles. The van der Waals surface area contributed by atoms with Gasteiger partial charge in [0.15, 0.2) is 5.76 Å². The predicted molar refractivity (Wildman–Crippen MR) is 98.5 cm³/mol. The molecule has 2 rings (SSSR count). The standard InChI is InChI=1S/C19H25ClN2O2/c1-13(2)22(14(3)4)12-11-21-19(23)18-10-9-17(24-18)15-7-5-6-8-16(15)20/h5-10,13-14H,11-12H2,1-4H3,(H,21,23). The molecule has 1 heterocycles. The summed E-state index contributed by atoms with van der Waals surface area (Å²) in [6.45, 7) is 10.0. The van der Waals surface area contributed by atoms with Crippen LogP contribution in [0.1, 0.15) is 38.2 Å². The SMILES string of the molecule is CC(C)N(CCNC(=O)c1ccc(-c2ccccc2Cl)o1)C(C)C. The van der Waals surface area contributed by atoms with Gasteiger partial charge in [0.1, 0.15) is 5.76 Å². The maximum absolute atomic E-state index is 12.2. The summed E-state index contributed by atoms with van der Waals surface area (Å²) in [6.07, 6.45) is 0. The Labute approximate surface area is 148 Å². The molecule has 0 saturated heterocycles. The monoisotopic (exact) mass is 348 g/mol. The number of rotatable bonds is 7. The van der Waals surface area contributed by atoms with Gasteiger partial charge in [0, 0.05) is 30.7 Å². The summed E-state index contributed by atoms with van der Waals surface area (Å²) >= 11 is 6.16. The predicted octanol–water partition coefficient (Wildman–Crippen LogP) is 4.45. The van der Waals surface area contributed by atoms with Crippen LogP contribution in [0, 0.1) is 0 Å². The number of carbonyl (C=O) groups excluding carboxylic acids is 1. The summed E-state index contributed by atoms with van der Waals surface area (Å²) in [7, 11) is 0. The molecule has 0 aliphatic heterocycles. The molecule has 0 atom stereocenters. The molecule has 0 bridgehead atoms. The molecule has 0 fully saturated rings. The Morgan fingerprint density at radius 2 is 1.79 bits per heavy atom. The van der Waals surface area contributed by atoms with Gasteiger partial charge < -0.3 is 9.73 Å². The molecule has 0 unspecified atom stereocenters. The fraction of sp³-hybridized carbons (Fsp3) is 0.421. The van der Waals surface area contributed by atoms with Gasteiger partial charge in [0.05, 0.1) is 5.02 Å². The third-order valence-electron chi connectivity index (χ3n) is 3.95. The second kappa shape index (κ2) is 8.36. The van der Waals surface area contributed by atoms with Crippen molar-refractivity contribution in [3.63, 3.8) is 0 Å². The smallest absolute Gasteiger partial charge is 0.287 e. The first-order valence-corrected chi connectivity index (χ1v) is 8.66. The van der Waals surface area contributed by atoms with Gasteiger partial charge >= 0.3 is 0 Å². The summed E-state index contributed by atoms with van der Waals surface area (Å²) < 4.78 is 5.65. The number of hydrogen-bond acceptors (Lipinski definition) is 3. The van der Waals surface area contributed by atoms with Gasteiger partial charge in [-0.15, -0.1) is 0 Å². The van der Waals surface area contributed by atoms with E-state index in [0.29, 0.717) is 35.2 Å². The van der Waals surface area contributed by atoms with Crippen LogP contribution in [0.3, 0.4) is 0 Å². The highest BCUT2D eigenvalue weighted by atomic mass is 35.5. The van der Waals surface area contributed by atoms with Crippen LogP contribution < -0.4 is 5.32 Å². The molecule has 0 aliphatic rings. The van der Waals surface area contributed by atoms with Crippen molar-refractivity contribution in [2.24, 2.45) is 0 Å². The molecule has 2 aromatic rings. The van der Waals surface area contributed by atoms with Crippen molar-refractivity contribution in [1.29, 1.82) is 0 Å². The Morgan fingerprint density at radius 1 is 1.12 bits per heavy atom. The lowest BCUT2D eigenvalue weighted by atomic mass is 10.2. The highest BCUT2D eigenvalue weighted by Gasteiger charge is 2.16. The summed E-state index contributed by atoms with van der Waals surface area (Å²) in [5, 5.41) is 3.51. The third kappa shape index (κ3) is 4.62. The molecule has 24 heavy (non-hydrogen) atoms. The van der Waals surface area contributed by atoms with Crippen molar-refractivity contribution in [2.45, 2.75) is 39.8 Å². The fourth-order valence-corrected chi connectivity index (χ4v) is 2.99. The van der Waals surface area contributed by atoms with Gasteiger partial charge in [-0.3, -0.25) is 9.69 Å². The number of carbonyl (C=O) groups is 1. The van der Waals surface area contributed by atoms with E-state index in [-0.39, 0.29) is 5.91 Å². The highest BCUT2D eigenvalue weighted by molar-refractivity contribution is 6.33. The Morgan fingerprint density at radius 3 is 2.42 bits per heavy atom. The number of furan rings is 1. The van der Waals surface area contributed by atoms with E-state index < -0.39 is 0 Å². The topological polar surface area (TPSA) is 45.5 Å². The summed E-state index contributed by atoms with van der Waals surface area (Å²) in [5.41, 5.74) is 0.781. The molecule has 1 amide bonds. The van der Waals surface area contributed by atoms with Crippen LogP contribution in [0.15, 0.2) is 40.8 Å². The van der Waals surface area contributed by atoms with E-state index in [2.05, 4.69) is 37.9 Å². The van der Waals surface area contributed by atoms with Gasteiger partial charge in [0.2, 0.25) is 0 Å². The Bertz CT molecular complexity index is 672. The van der Waals surface area contributed by atoms with Gasteiger partial charge in [-0.05, 0) is 52.0 Å². The van der Waals surface area contributed by atoms with E-state index in [9.17, 15) is 4.79 Å². The lowest BCUT2D eigenvalue weighted by Gasteiger charge is -2.30. The number of amides is 1. The second-order valence-corrected chi connectivity index (χ2v) is 6.73. The van der Waals surface area contributed by atoms with Crippen molar-refractivity contribution < 1.29 is 9.21 Å². The molecule has 5 heteroatoms. The summed E-state index contributed by atoms with van der Waals surface area (Å²) in [5.74, 6) is 0.683. The van der Waals surface area contributed by atoms with Crippen molar-refractivity contribution in [3.05, 3.63) is 47.2 Å². The number of nitrogens with one attached hydrogen (secondary N) is 1. The molecule has 0 aliphatic carbocycles. The van der Waals surface area contributed by atoms with Gasteiger partial charge in [0.25, 0.3) is 5.91 Å². The molecular weight excluding hydrogens is 324 g/mol. The first-order valence-electron chi connectivity index (χ1n) is 8.28. The zero-order valence-electron chi connectivity index (χ0n) is 14.7. The largest absolute Gasteiger partial charge is 0.451 e. The molecule has 1 aromatic carbocycles. The zero-order chi connectivity index (χ0) is 17.7. The van der Waals surface area contributed by atoms with E-state index in [1.54, 1.807) is 18.2 Å². The third-order valence-corrected chi connectivity index (χ3v) is 4.28. The lowest BCUT2D eigenvalue weighted by molar-refractivity contribution is 0.0913. The van der Waals surface area contributed by atoms with Crippen LogP contribution in [0.5, 0.6) is 0 Å². The molecule has 130 valence electrons. The minimum Gasteiger partial charge on any atom is -0.451 e. The van der Waals surface area contributed by atoms with Gasteiger partial charge in [-0.1, -0.05) is 23.7 Å². The number of hydrogen-bond donors (Lipinski definition) is 1. The van der Waals surface area contributed by atoms with E-state index >= 15 is 0 Å². The van der Waals surface area contributed by atoms with Gasteiger partial charge in [-0.2, -0.15) is 0 Å². The first kappa shape index (κ1) is 18.6. The Hall–Kier alpha value is -1.78. The minimum absolute atomic E-state index is 0.208. The summed E-state index contributed by atoms with van der Waals surface area (Å²) in [6, 6.07) is 11.7. The van der Waals surface area contributed by atoms with Crippen LogP contribution >= 0.6 is 11.6 Å². The molecule has 0 spiro atoms. The van der Waals surface area contributed by atoms with Crippen molar-refractivity contribution in [3.8, 4) is 11.3 Å². The van der Waals surface area contributed by atoms with Crippen LogP contribution in [0.4, 0.5) is 0 Å². The van der Waals surface area contributed by atoms with Crippen LogP contribution in [-0.2, 0) is 0 Å². The zero-order valence-corrected chi connectivity index (χ0v) is 15.4. The van der Waals surface area contributed by atoms with Crippen molar-refractivity contribution in [2.75, 3.05) is 13.1 Å². The van der Waals surface area contributed by atoms with E-state index in [0.717, 1.165) is 12.1 Å². The van der Waals surface area contributed by atoms with E-state index in [1.807, 2.05) is 18.2 Å². The maximum Gasteiger partial charge on any atom is 0.287 e. The van der Waals surface area contributed by atoms with Crippen LogP contribution in [0.2, 0.25) is 5.02 Å². The van der Waals surface area contributed by atoms with Crippen molar-refractivity contribution in [1.82, 2.24) is 10.2 Å². The fourth-order valence-electron chi connectivity index (χ4n) is 2.76. The van der Waals surface area contributed by atoms with Crippen molar-refractivity contribution >= 4 is 17.5 Å². The van der Waals surface area contributed by atoms with E-state index in [4.69, 9.17) is 16.0 Å². The quantitative estimate of drug-likeness (QED) is 0.804. The molecule has 1 aromatic heterocycles. The molecule has 4 nitrogen and oxygen atoms in total. The first-order chi connectivity index (χ1) is 11.4. The number of nitrogens with zero attached hydrogens (tertiary/aromatic N) is 1. The lowest BCUT2D eigenvalue weighted by Crippen LogP contribution is -2.42. The Balaban J connectivity index is 1.96.